The van der Waals surface area contributed by atoms with Gasteiger partial charge in [0.25, 0.3) is 5.78 Å². The quantitative estimate of drug-likeness (QED) is 0.0722. The van der Waals surface area contributed by atoms with Crippen LogP contribution in [0.25, 0.3) is 16.0 Å². The molecule has 1 amide bonds. The number of anilines is 1. The monoisotopic (exact) mass is 616 g/mol. The van der Waals surface area contributed by atoms with Crippen molar-refractivity contribution in [1.82, 2.24) is 4.98 Å². The number of benzene rings is 3. The number of fused-ring (bicyclic) bond motifs is 1. The number of hydrogen-bond acceptors (Lipinski definition) is 9. The number of ketones is 1. The molecule has 5 rings (SSSR count). The van der Waals surface area contributed by atoms with Crippen LogP contribution < -0.4 is 23.8 Å². The Morgan fingerprint density at radius 2 is 1.66 bits per heavy atom. The van der Waals surface area contributed by atoms with E-state index in [0.29, 0.717) is 64.6 Å². The molecule has 0 radical (unpaired) electrons. The van der Waals surface area contributed by atoms with Gasteiger partial charge in [-0.25, -0.2) is 4.98 Å². The molecule has 1 N–H and O–H groups in total. The maximum Gasteiger partial charge on any atom is 0.301 e. The molecule has 1 unspecified atom stereocenters. The first-order valence-corrected chi connectivity index (χ1v) is 15.6. The van der Waals surface area contributed by atoms with Gasteiger partial charge in [-0.05, 0) is 79.9 Å². The fraction of sp³-hybridized carbons (Fsp3) is 0.324. The third kappa shape index (κ3) is 6.21. The first-order chi connectivity index (χ1) is 21.4. The van der Waals surface area contributed by atoms with E-state index in [2.05, 4.69) is 6.92 Å². The molecule has 44 heavy (non-hydrogen) atoms. The Kier molecular flexibility index (Phi) is 9.69. The Morgan fingerprint density at radius 1 is 0.886 bits per heavy atom. The Balaban J connectivity index is 1.63. The number of Topliss-reactive ketones (excluding diaryl/α,β-unsaturated/α-hetero) is 1. The molecule has 0 saturated carbocycles. The van der Waals surface area contributed by atoms with E-state index < -0.39 is 17.7 Å². The molecule has 230 valence electrons. The SMILES string of the molecule is CCCCOc1ccc(C2C(=C(O)c3ccc(OCCC)cc3)C(=O)C(=O)N2c2nc3ccc(OCC)cc3s2)cc1OC. The molecule has 1 fully saturated rings. The van der Waals surface area contributed by atoms with Crippen molar-refractivity contribution in [3.05, 3.63) is 77.4 Å². The molecule has 0 bridgehead atoms. The average molecular weight is 617 g/mol. The lowest BCUT2D eigenvalue weighted by atomic mass is 9.95. The van der Waals surface area contributed by atoms with Gasteiger partial charge in [0.1, 0.15) is 17.3 Å². The zero-order valence-corrected chi connectivity index (χ0v) is 26.1. The molecule has 3 aromatic carbocycles. The van der Waals surface area contributed by atoms with E-state index in [1.807, 2.05) is 32.0 Å². The second kappa shape index (κ2) is 13.8. The lowest BCUT2D eigenvalue weighted by Gasteiger charge is -2.24. The smallest absolute Gasteiger partial charge is 0.301 e. The zero-order chi connectivity index (χ0) is 31.2. The number of carbonyl (C=O) groups is 2. The van der Waals surface area contributed by atoms with Crippen molar-refractivity contribution in [2.75, 3.05) is 31.8 Å². The zero-order valence-electron chi connectivity index (χ0n) is 25.3. The van der Waals surface area contributed by atoms with Gasteiger partial charge in [-0.15, -0.1) is 0 Å². The van der Waals surface area contributed by atoms with Crippen LogP contribution in [0.3, 0.4) is 0 Å². The fourth-order valence-electron chi connectivity index (χ4n) is 4.98. The molecular formula is C34H36N2O7S. The fourth-order valence-corrected chi connectivity index (χ4v) is 6.00. The number of unbranched alkanes of at least 4 members (excludes halogenated alkanes) is 1. The van der Waals surface area contributed by atoms with Crippen molar-refractivity contribution >= 4 is 44.1 Å². The topological polar surface area (TPSA) is 107 Å². The second-order valence-electron chi connectivity index (χ2n) is 10.2. The van der Waals surface area contributed by atoms with Crippen molar-refractivity contribution in [1.29, 1.82) is 0 Å². The van der Waals surface area contributed by atoms with Gasteiger partial charge in [0, 0.05) is 5.56 Å². The van der Waals surface area contributed by atoms with Gasteiger partial charge >= 0.3 is 5.91 Å². The molecule has 1 saturated heterocycles. The summed E-state index contributed by atoms with van der Waals surface area (Å²) < 4.78 is 23.7. The molecule has 0 spiro atoms. The molecule has 1 atom stereocenters. The number of carbonyl (C=O) groups excluding carboxylic acids is 2. The molecule has 2 heterocycles. The lowest BCUT2D eigenvalue weighted by molar-refractivity contribution is -0.132. The van der Waals surface area contributed by atoms with Crippen molar-refractivity contribution in [3.8, 4) is 23.0 Å². The summed E-state index contributed by atoms with van der Waals surface area (Å²) in [6.07, 6.45) is 2.72. The number of thiazole rings is 1. The number of hydrogen-bond donors (Lipinski definition) is 1. The average Bonchev–Trinajstić information content (AvgIpc) is 3.57. The van der Waals surface area contributed by atoms with Gasteiger partial charge < -0.3 is 24.1 Å². The van der Waals surface area contributed by atoms with Gasteiger partial charge in [0.05, 0.1) is 48.8 Å². The maximum atomic E-state index is 13.7. The highest BCUT2D eigenvalue weighted by molar-refractivity contribution is 7.22. The highest BCUT2D eigenvalue weighted by Crippen LogP contribution is 2.46. The van der Waals surface area contributed by atoms with Crippen LogP contribution in [0.2, 0.25) is 0 Å². The predicted molar refractivity (Wildman–Crippen MR) is 171 cm³/mol. The molecule has 1 aliphatic rings. The standard InChI is InChI=1S/C34H36N2O7S/c1-5-8-18-43-26-16-11-22(19-27(26)40-4)30-29(31(37)21-9-12-23(13-10-21)42-17-6-2)32(38)33(39)36(30)34-35-25-15-14-24(41-7-3)20-28(25)44-34/h9-16,19-20,30,37H,5-8,17-18H2,1-4H3. The minimum Gasteiger partial charge on any atom is -0.507 e. The summed E-state index contributed by atoms with van der Waals surface area (Å²) in [7, 11) is 1.54. The van der Waals surface area contributed by atoms with Gasteiger partial charge in [0.15, 0.2) is 16.6 Å². The third-order valence-corrected chi connectivity index (χ3v) is 8.19. The molecule has 0 aliphatic carbocycles. The number of methoxy groups -OCH3 is 1. The number of nitrogens with zero attached hydrogens (tertiary/aromatic N) is 2. The van der Waals surface area contributed by atoms with Crippen molar-refractivity contribution in [2.45, 2.75) is 46.1 Å². The summed E-state index contributed by atoms with van der Waals surface area (Å²) in [6, 6.07) is 16.6. The minimum atomic E-state index is -0.975. The van der Waals surface area contributed by atoms with Crippen LogP contribution in [0.15, 0.2) is 66.2 Å². The summed E-state index contributed by atoms with van der Waals surface area (Å²) in [5.41, 5.74) is 1.55. The van der Waals surface area contributed by atoms with Gasteiger partial charge in [-0.3, -0.25) is 14.5 Å². The Labute approximate surface area is 260 Å². The van der Waals surface area contributed by atoms with Crippen molar-refractivity contribution < 1.29 is 33.6 Å². The number of aliphatic hydroxyl groups excluding tert-OH is 1. The summed E-state index contributed by atoms with van der Waals surface area (Å²) in [5.74, 6) is 0.439. The van der Waals surface area contributed by atoms with Crippen LogP contribution in [0.5, 0.6) is 23.0 Å². The summed E-state index contributed by atoms with van der Waals surface area (Å²) in [5, 5.41) is 11.9. The number of amides is 1. The Morgan fingerprint density at radius 3 is 2.36 bits per heavy atom. The number of aliphatic hydroxyl groups is 1. The third-order valence-electron chi connectivity index (χ3n) is 7.17. The van der Waals surface area contributed by atoms with E-state index in [4.69, 9.17) is 23.9 Å². The van der Waals surface area contributed by atoms with Crippen molar-refractivity contribution in [2.24, 2.45) is 0 Å². The van der Waals surface area contributed by atoms with E-state index in [0.717, 1.165) is 24.0 Å². The summed E-state index contributed by atoms with van der Waals surface area (Å²) in [4.78, 5) is 33.5. The van der Waals surface area contributed by atoms with Crippen LogP contribution in [0.1, 0.15) is 57.2 Å². The maximum absolute atomic E-state index is 13.7. The van der Waals surface area contributed by atoms with Crippen molar-refractivity contribution in [3.63, 3.8) is 0 Å². The molecule has 4 aromatic rings. The van der Waals surface area contributed by atoms with E-state index in [1.54, 1.807) is 42.5 Å². The largest absolute Gasteiger partial charge is 0.507 e. The minimum absolute atomic E-state index is 0.0480. The summed E-state index contributed by atoms with van der Waals surface area (Å²) >= 11 is 1.27. The Bertz CT molecular complexity index is 1680. The molecule has 9 nitrogen and oxygen atoms in total. The highest BCUT2D eigenvalue weighted by Gasteiger charge is 2.48. The van der Waals surface area contributed by atoms with Crippen LogP contribution in [-0.4, -0.2) is 48.7 Å². The van der Waals surface area contributed by atoms with Gasteiger partial charge in [0.2, 0.25) is 0 Å². The first-order valence-electron chi connectivity index (χ1n) is 14.8. The lowest BCUT2D eigenvalue weighted by Crippen LogP contribution is -2.29. The number of aromatic nitrogens is 1. The van der Waals surface area contributed by atoms with Gasteiger partial charge in [-0.2, -0.15) is 0 Å². The van der Waals surface area contributed by atoms with E-state index in [9.17, 15) is 14.7 Å². The predicted octanol–water partition coefficient (Wildman–Crippen LogP) is 7.30. The normalized spacial score (nSPS) is 16.0. The number of ether oxygens (including phenoxy) is 4. The highest BCUT2D eigenvalue weighted by atomic mass is 32.1. The molecule has 10 heteroatoms. The van der Waals surface area contributed by atoms with E-state index in [-0.39, 0.29) is 11.3 Å². The first kappa shape index (κ1) is 30.9. The van der Waals surface area contributed by atoms with Crippen LogP contribution in [-0.2, 0) is 9.59 Å². The van der Waals surface area contributed by atoms with Crippen LogP contribution >= 0.6 is 11.3 Å². The van der Waals surface area contributed by atoms with E-state index in [1.165, 1.54) is 23.3 Å². The summed E-state index contributed by atoms with van der Waals surface area (Å²) in [6.45, 7) is 7.60. The second-order valence-corrected chi connectivity index (χ2v) is 11.2. The molecule has 1 aliphatic heterocycles. The van der Waals surface area contributed by atoms with Crippen LogP contribution in [0, 0.1) is 0 Å². The Hall–Kier alpha value is -4.57. The number of rotatable bonds is 13. The molecular weight excluding hydrogens is 580 g/mol. The molecule has 1 aromatic heterocycles. The van der Waals surface area contributed by atoms with E-state index >= 15 is 0 Å². The van der Waals surface area contributed by atoms with Crippen LogP contribution in [0.4, 0.5) is 5.13 Å². The van der Waals surface area contributed by atoms with Gasteiger partial charge in [-0.1, -0.05) is 37.7 Å².